The van der Waals surface area contributed by atoms with Gasteiger partial charge >= 0.3 is 13.6 Å². The lowest BCUT2D eigenvalue weighted by atomic mass is 10.0. The first-order valence-corrected chi connectivity index (χ1v) is 18.6. The Morgan fingerprint density at radius 1 is 1.04 bits per heavy atom. The summed E-state index contributed by atoms with van der Waals surface area (Å²) in [6, 6.07) is 9.65. The zero-order chi connectivity index (χ0) is 34.9. The molecule has 2 aliphatic heterocycles. The highest BCUT2D eigenvalue weighted by Gasteiger charge is 2.37. The Hall–Kier alpha value is -3.42. The van der Waals surface area contributed by atoms with Crippen molar-refractivity contribution in [1.82, 2.24) is 25.5 Å². The van der Waals surface area contributed by atoms with Gasteiger partial charge in [-0.1, -0.05) is 43.7 Å². The molecule has 266 valence electrons. The predicted molar refractivity (Wildman–Crippen MR) is 183 cm³/mol. The lowest BCUT2D eigenvalue weighted by Gasteiger charge is -2.35. The van der Waals surface area contributed by atoms with Gasteiger partial charge in [-0.05, 0) is 39.5 Å². The van der Waals surface area contributed by atoms with E-state index in [0.29, 0.717) is 50.8 Å². The number of hydrogen-bond acceptors (Lipinski definition) is 11. The standard InChI is InChI=1S/C28H41N6O6P.C5H10O2/c1-3-39-41(38,40-4-2)20-24(28(37)33-16-13-29-14-17-33)31-27(36)23-18-25(34-15-9-8-12-22(34)19-35)32-26(30-23)21-10-6-5-7-11-21;1-2-3-4-5(6)7/h5-7,10-11,18,22,24,29,35H,3-4,8-9,12-17,19-20H2,1-2H3,(H,31,36);2-4H2,1H3,(H,6,7). The van der Waals surface area contributed by atoms with Gasteiger partial charge in [-0.25, -0.2) is 9.97 Å². The van der Waals surface area contributed by atoms with Crippen LogP contribution in [0.15, 0.2) is 36.4 Å². The molecule has 15 heteroatoms. The quantitative estimate of drug-likeness (QED) is 0.200. The van der Waals surface area contributed by atoms with Crippen LogP contribution in [0.5, 0.6) is 0 Å². The first kappa shape index (κ1) is 39.0. The van der Waals surface area contributed by atoms with E-state index in [2.05, 4.69) is 15.6 Å². The van der Waals surface area contributed by atoms with Gasteiger partial charge in [0.15, 0.2) is 5.82 Å². The van der Waals surface area contributed by atoms with Gasteiger partial charge in [0.25, 0.3) is 5.91 Å². The number of aliphatic hydroxyl groups excluding tert-OH is 1. The summed E-state index contributed by atoms with van der Waals surface area (Å²) in [4.78, 5) is 50.1. The van der Waals surface area contributed by atoms with Crippen molar-refractivity contribution in [2.45, 2.75) is 71.4 Å². The third kappa shape index (κ3) is 11.9. The maximum atomic E-state index is 13.8. The Balaban J connectivity index is 0.000000804. The van der Waals surface area contributed by atoms with Gasteiger partial charge in [-0.2, -0.15) is 0 Å². The number of hydrogen-bond donors (Lipinski definition) is 4. The van der Waals surface area contributed by atoms with Gasteiger partial charge in [-0.15, -0.1) is 0 Å². The second kappa shape index (κ2) is 20.2. The van der Waals surface area contributed by atoms with Crippen LogP contribution in [0.2, 0.25) is 0 Å². The number of aromatic nitrogens is 2. The number of amides is 2. The third-order valence-corrected chi connectivity index (χ3v) is 10.1. The fraction of sp³-hybridized carbons (Fsp3) is 0.606. The van der Waals surface area contributed by atoms with Crippen molar-refractivity contribution >= 4 is 31.2 Å². The molecular formula is C33H51N6O8P. The molecule has 0 spiro atoms. The molecule has 2 unspecified atom stereocenters. The molecule has 3 heterocycles. The number of nitrogens with zero attached hydrogens (tertiary/aromatic N) is 4. The fourth-order valence-corrected chi connectivity index (χ4v) is 7.28. The van der Waals surface area contributed by atoms with Crippen molar-refractivity contribution in [3.05, 3.63) is 42.1 Å². The molecule has 0 bridgehead atoms. The largest absolute Gasteiger partial charge is 0.481 e. The number of carbonyl (C=O) groups excluding carboxylic acids is 2. The van der Waals surface area contributed by atoms with Crippen LogP contribution >= 0.6 is 7.60 Å². The Morgan fingerprint density at radius 3 is 2.31 bits per heavy atom. The van der Waals surface area contributed by atoms with E-state index < -0.39 is 25.5 Å². The molecule has 1 aromatic carbocycles. The summed E-state index contributed by atoms with van der Waals surface area (Å²) in [7, 11) is -3.68. The number of carbonyl (C=O) groups is 3. The van der Waals surface area contributed by atoms with Crippen LogP contribution in [0.3, 0.4) is 0 Å². The van der Waals surface area contributed by atoms with Crippen LogP contribution in [0, 0.1) is 0 Å². The highest BCUT2D eigenvalue weighted by Crippen LogP contribution is 2.48. The van der Waals surface area contributed by atoms with E-state index in [-0.39, 0.29) is 43.6 Å². The highest BCUT2D eigenvalue weighted by molar-refractivity contribution is 7.54. The summed E-state index contributed by atoms with van der Waals surface area (Å²) in [5.74, 6) is -0.761. The van der Waals surface area contributed by atoms with Gasteiger partial charge in [0.1, 0.15) is 17.6 Å². The normalized spacial score (nSPS) is 17.2. The SMILES string of the molecule is CCCCC(=O)O.CCOP(=O)(CC(NC(=O)c1cc(N2CCCCC2CO)nc(-c2ccccc2)n1)C(=O)N1CCNCC1)OCC. The Bertz CT molecular complexity index is 1350. The molecule has 4 N–H and O–H groups in total. The number of aliphatic hydroxyl groups is 1. The van der Waals surface area contributed by atoms with E-state index in [4.69, 9.17) is 19.1 Å². The monoisotopic (exact) mass is 690 g/mol. The lowest BCUT2D eigenvalue weighted by molar-refractivity contribution is -0.137. The van der Waals surface area contributed by atoms with Crippen LogP contribution in [0.25, 0.3) is 11.4 Å². The van der Waals surface area contributed by atoms with Crippen LogP contribution in [0.4, 0.5) is 5.82 Å². The molecule has 2 saturated heterocycles. The van der Waals surface area contributed by atoms with E-state index in [0.717, 1.165) is 37.7 Å². The average molecular weight is 691 g/mol. The number of aliphatic carboxylic acids is 1. The van der Waals surface area contributed by atoms with Gasteiger partial charge in [0.05, 0.1) is 32.0 Å². The highest BCUT2D eigenvalue weighted by atomic mass is 31.2. The molecule has 2 aromatic rings. The molecule has 2 amide bonds. The number of piperidine rings is 1. The number of anilines is 1. The maximum absolute atomic E-state index is 13.8. The molecule has 48 heavy (non-hydrogen) atoms. The minimum absolute atomic E-state index is 0.0301. The van der Waals surface area contributed by atoms with Crippen molar-refractivity contribution in [2.24, 2.45) is 0 Å². The molecule has 2 fully saturated rings. The van der Waals surface area contributed by atoms with Crippen LogP contribution < -0.4 is 15.5 Å². The van der Waals surface area contributed by atoms with Crippen molar-refractivity contribution in [3.8, 4) is 11.4 Å². The minimum Gasteiger partial charge on any atom is -0.481 e. The Kier molecular flexibility index (Phi) is 16.4. The summed E-state index contributed by atoms with van der Waals surface area (Å²) in [5, 5.41) is 24.1. The minimum atomic E-state index is -3.68. The first-order valence-electron chi connectivity index (χ1n) is 16.9. The van der Waals surface area contributed by atoms with E-state index >= 15 is 0 Å². The Morgan fingerprint density at radius 2 is 1.73 bits per heavy atom. The van der Waals surface area contributed by atoms with Crippen LogP contribution in [0.1, 0.15) is 69.8 Å². The van der Waals surface area contributed by atoms with Crippen molar-refractivity contribution < 1.29 is 38.2 Å². The zero-order valence-electron chi connectivity index (χ0n) is 28.3. The fourth-order valence-electron chi connectivity index (χ4n) is 5.52. The van der Waals surface area contributed by atoms with E-state index in [1.807, 2.05) is 42.2 Å². The average Bonchev–Trinajstić information content (AvgIpc) is 3.11. The number of rotatable bonds is 15. The van der Waals surface area contributed by atoms with Gasteiger partial charge in [0.2, 0.25) is 5.91 Å². The van der Waals surface area contributed by atoms with Crippen LogP contribution in [-0.4, -0.2) is 114 Å². The lowest BCUT2D eigenvalue weighted by Crippen LogP contribution is -2.55. The van der Waals surface area contributed by atoms with Gasteiger partial charge < -0.3 is 39.7 Å². The molecule has 2 atom stereocenters. The summed E-state index contributed by atoms with van der Waals surface area (Å²) < 4.78 is 24.4. The number of piperazine rings is 1. The third-order valence-electron chi connectivity index (χ3n) is 7.94. The predicted octanol–water partition coefficient (Wildman–Crippen LogP) is 3.55. The summed E-state index contributed by atoms with van der Waals surface area (Å²) in [5.41, 5.74) is 0.795. The van der Waals surface area contributed by atoms with E-state index in [1.165, 1.54) is 0 Å². The molecule has 0 saturated carbocycles. The Labute approximate surface area is 283 Å². The van der Waals surface area contributed by atoms with Crippen molar-refractivity contribution in [1.29, 1.82) is 0 Å². The summed E-state index contributed by atoms with van der Waals surface area (Å²) in [6.07, 6.45) is 4.53. The molecule has 2 aliphatic rings. The molecule has 14 nitrogen and oxygen atoms in total. The number of nitrogens with one attached hydrogen (secondary N) is 2. The molecule has 4 rings (SSSR count). The van der Waals surface area contributed by atoms with Crippen molar-refractivity contribution in [3.63, 3.8) is 0 Å². The number of carboxylic acid groups (broad SMARTS) is 1. The van der Waals surface area contributed by atoms with Crippen molar-refractivity contribution in [2.75, 3.05) is 63.6 Å². The molecule has 0 radical (unpaired) electrons. The van der Waals surface area contributed by atoms with Crippen LogP contribution in [-0.2, 0) is 23.2 Å². The topological polar surface area (TPSA) is 184 Å². The smallest absolute Gasteiger partial charge is 0.333 e. The molecule has 1 aromatic heterocycles. The maximum Gasteiger partial charge on any atom is 0.333 e. The van der Waals surface area contributed by atoms with E-state index in [1.54, 1.807) is 24.8 Å². The number of benzene rings is 1. The second-order valence-electron chi connectivity index (χ2n) is 11.6. The summed E-state index contributed by atoms with van der Waals surface area (Å²) >= 11 is 0. The summed E-state index contributed by atoms with van der Waals surface area (Å²) in [6.45, 7) is 8.48. The first-order chi connectivity index (χ1) is 23.1. The molecule has 0 aliphatic carbocycles. The molecular weight excluding hydrogens is 639 g/mol. The zero-order valence-corrected chi connectivity index (χ0v) is 29.2. The van der Waals surface area contributed by atoms with Gasteiger partial charge in [0, 0.05) is 50.8 Å². The number of unbranched alkanes of at least 4 members (excludes halogenated alkanes) is 1. The number of carboxylic acids is 1. The van der Waals surface area contributed by atoms with E-state index in [9.17, 15) is 24.1 Å². The van der Waals surface area contributed by atoms with Gasteiger partial charge in [-0.3, -0.25) is 18.9 Å². The second-order valence-corrected chi connectivity index (χ2v) is 13.7.